The van der Waals surface area contributed by atoms with Crippen LogP contribution in [-0.2, 0) is 6.42 Å². The highest BCUT2D eigenvalue weighted by Crippen LogP contribution is 2.14. The van der Waals surface area contributed by atoms with Gasteiger partial charge in [-0.3, -0.25) is 9.89 Å². The summed E-state index contributed by atoms with van der Waals surface area (Å²) in [5.74, 6) is 0.976. The van der Waals surface area contributed by atoms with Crippen LogP contribution in [0.2, 0.25) is 0 Å². The van der Waals surface area contributed by atoms with Crippen LogP contribution in [0.1, 0.15) is 23.1 Å². The lowest BCUT2D eigenvalue weighted by molar-refractivity contribution is 0.0740. The molecule has 1 aliphatic rings. The molecule has 1 N–H and O–H groups in total. The average molecular weight is 285 g/mol. The van der Waals surface area contributed by atoms with Crippen molar-refractivity contribution in [1.29, 1.82) is 0 Å². The fourth-order valence-corrected chi connectivity index (χ4v) is 2.49. The second-order valence-electron chi connectivity index (χ2n) is 5.10. The van der Waals surface area contributed by atoms with Crippen LogP contribution < -0.4 is 4.90 Å². The normalized spacial score (nSPS) is 15.3. The van der Waals surface area contributed by atoms with Gasteiger partial charge in [0, 0.05) is 38.1 Å². The van der Waals surface area contributed by atoms with Gasteiger partial charge in [-0.2, -0.15) is 5.10 Å². The molecule has 1 aliphatic heterocycles. The quantitative estimate of drug-likeness (QED) is 0.924. The summed E-state index contributed by atoms with van der Waals surface area (Å²) in [6.45, 7) is 5.03. The van der Waals surface area contributed by atoms with E-state index in [0.29, 0.717) is 18.8 Å². The van der Waals surface area contributed by atoms with Crippen LogP contribution in [0.5, 0.6) is 0 Å². The second-order valence-corrected chi connectivity index (χ2v) is 5.10. The molecule has 1 amide bonds. The molecule has 0 spiro atoms. The van der Waals surface area contributed by atoms with Crippen molar-refractivity contribution in [2.24, 2.45) is 0 Å². The maximum absolute atomic E-state index is 12.4. The minimum atomic E-state index is 0.00613. The Bertz CT molecular complexity index is 602. The van der Waals surface area contributed by atoms with Crippen molar-refractivity contribution in [2.45, 2.75) is 13.3 Å². The van der Waals surface area contributed by atoms with Crippen LogP contribution >= 0.6 is 0 Å². The first-order valence-corrected chi connectivity index (χ1v) is 7.27. The third-order valence-electron chi connectivity index (χ3n) is 3.77. The molecule has 21 heavy (non-hydrogen) atoms. The summed E-state index contributed by atoms with van der Waals surface area (Å²) in [6.07, 6.45) is 2.65. The fraction of sp³-hybridized carbons (Fsp3) is 0.400. The zero-order valence-electron chi connectivity index (χ0n) is 12.1. The topological polar surface area (TPSA) is 65.1 Å². The first-order valence-electron chi connectivity index (χ1n) is 7.27. The predicted octanol–water partition coefficient (Wildman–Crippen LogP) is 1.33. The molecule has 6 heteroatoms. The number of carbonyl (C=O) groups is 1. The number of pyridine rings is 1. The lowest BCUT2D eigenvalue weighted by Gasteiger charge is -2.35. The fourth-order valence-electron chi connectivity index (χ4n) is 2.49. The first-order chi connectivity index (χ1) is 10.3. The lowest BCUT2D eigenvalue weighted by atomic mass is 10.2. The van der Waals surface area contributed by atoms with Crippen molar-refractivity contribution in [1.82, 2.24) is 20.1 Å². The Balaban J connectivity index is 1.61. The maximum atomic E-state index is 12.4. The molecule has 2 aromatic rings. The zero-order valence-corrected chi connectivity index (χ0v) is 12.1. The molecule has 3 rings (SSSR count). The van der Waals surface area contributed by atoms with Crippen LogP contribution in [0.3, 0.4) is 0 Å². The molecular weight excluding hydrogens is 266 g/mol. The molecular formula is C15H19N5O. The third-order valence-corrected chi connectivity index (χ3v) is 3.77. The van der Waals surface area contributed by atoms with E-state index < -0.39 is 0 Å². The van der Waals surface area contributed by atoms with E-state index in [1.807, 2.05) is 36.1 Å². The molecule has 0 atom stereocenters. The summed E-state index contributed by atoms with van der Waals surface area (Å²) in [5, 5.41) is 6.99. The standard InChI is InChI=1S/C15H19N5O/c1-2-12-11-13(18-17-12)15(21)20-9-7-19(8-10-20)14-5-3-4-6-16-14/h3-6,11H,2,7-10H2,1H3,(H,17,18). The Kier molecular flexibility index (Phi) is 3.85. The summed E-state index contributed by atoms with van der Waals surface area (Å²) >= 11 is 0. The number of aromatic amines is 1. The van der Waals surface area contributed by atoms with Gasteiger partial charge in [0.05, 0.1) is 0 Å². The van der Waals surface area contributed by atoms with E-state index in [2.05, 4.69) is 20.1 Å². The number of piperazine rings is 1. The first kappa shape index (κ1) is 13.6. The van der Waals surface area contributed by atoms with Gasteiger partial charge in [0.25, 0.3) is 5.91 Å². The number of hydrogen-bond donors (Lipinski definition) is 1. The van der Waals surface area contributed by atoms with E-state index in [0.717, 1.165) is 31.0 Å². The molecule has 1 saturated heterocycles. The van der Waals surface area contributed by atoms with Crippen molar-refractivity contribution in [2.75, 3.05) is 31.1 Å². The van der Waals surface area contributed by atoms with Crippen LogP contribution in [0.25, 0.3) is 0 Å². The zero-order chi connectivity index (χ0) is 14.7. The SMILES string of the molecule is CCc1cc(C(=O)N2CCN(c3ccccn3)CC2)n[nH]1. The van der Waals surface area contributed by atoms with Crippen molar-refractivity contribution in [3.63, 3.8) is 0 Å². The van der Waals surface area contributed by atoms with Gasteiger partial charge in [0.15, 0.2) is 0 Å². The van der Waals surface area contributed by atoms with Gasteiger partial charge in [0.2, 0.25) is 0 Å². The van der Waals surface area contributed by atoms with Crippen LogP contribution in [0.4, 0.5) is 5.82 Å². The van der Waals surface area contributed by atoms with E-state index in [1.165, 1.54) is 0 Å². The summed E-state index contributed by atoms with van der Waals surface area (Å²) < 4.78 is 0. The van der Waals surface area contributed by atoms with Crippen LogP contribution in [-0.4, -0.2) is 52.2 Å². The summed E-state index contributed by atoms with van der Waals surface area (Å²) in [5.41, 5.74) is 1.50. The van der Waals surface area contributed by atoms with Crippen molar-refractivity contribution >= 4 is 11.7 Å². The molecule has 2 aromatic heterocycles. The largest absolute Gasteiger partial charge is 0.353 e. The molecule has 1 fully saturated rings. The molecule has 0 unspecified atom stereocenters. The smallest absolute Gasteiger partial charge is 0.274 e. The molecule has 110 valence electrons. The van der Waals surface area contributed by atoms with Crippen LogP contribution in [0.15, 0.2) is 30.5 Å². The summed E-state index contributed by atoms with van der Waals surface area (Å²) in [7, 11) is 0. The Morgan fingerprint density at radius 2 is 2.10 bits per heavy atom. The van der Waals surface area contributed by atoms with Gasteiger partial charge < -0.3 is 9.80 Å². The third kappa shape index (κ3) is 2.89. The van der Waals surface area contributed by atoms with Gasteiger partial charge >= 0.3 is 0 Å². The minimum Gasteiger partial charge on any atom is -0.353 e. The number of aryl methyl sites for hydroxylation is 1. The Morgan fingerprint density at radius 1 is 1.29 bits per heavy atom. The van der Waals surface area contributed by atoms with Crippen molar-refractivity contribution in [3.8, 4) is 0 Å². The number of aromatic nitrogens is 3. The Hall–Kier alpha value is -2.37. The number of nitrogens with zero attached hydrogens (tertiary/aromatic N) is 4. The number of nitrogens with one attached hydrogen (secondary N) is 1. The molecule has 0 saturated carbocycles. The van der Waals surface area contributed by atoms with E-state index in [-0.39, 0.29) is 5.91 Å². The van der Waals surface area contributed by atoms with E-state index in [4.69, 9.17) is 0 Å². The maximum Gasteiger partial charge on any atom is 0.274 e. The number of anilines is 1. The molecule has 0 radical (unpaired) electrons. The van der Waals surface area contributed by atoms with Gasteiger partial charge in [-0.25, -0.2) is 4.98 Å². The van der Waals surface area contributed by atoms with Gasteiger partial charge in [-0.15, -0.1) is 0 Å². The number of carbonyl (C=O) groups excluding carboxylic acids is 1. The number of amides is 1. The summed E-state index contributed by atoms with van der Waals surface area (Å²) in [6, 6.07) is 7.73. The van der Waals surface area contributed by atoms with Gasteiger partial charge in [-0.1, -0.05) is 13.0 Å². The highest BCUT2D eigenvalue weighted by molar-refractivity contribution is 5.92. The lowest BCUT2D eigenvalue weighted by Crippen LogP contribution is -2.49. The van der Waals surface area contributed by atoms with E-state index in [1.54, 1.807) is 6.20 Å². The predicted molar refractivity (Wildman–Crippen MR) is 80.3 cm³/mol. The van der Waals surface area contributed by atoms with Gasteiger partial charge in [-0.05, 0) is 24.6 Å². The monoisotopic (exact) mass is 285 g/mol. The van der Waals surface area contributed by atoms with Crippen molar-refractivity contribution < 1.29 is 4.79 Å². The molecule has 0 bridgehead atoms. The minimum absolute atomic E-state index is 0.00613. The highest BCUT2D eigenvalue weighted by atomic mass is 16.2. The number of rotatable bonds is 3. The molecule has 0 aromatic carbocycles. The molecule has 3 heterocycles. The Morgan fingerprint density at radius 3 is 2.71 bits per heavy atom. The summed E-state index contributed by atoms with van der Waals surface area (Å²) in [4.78, 5) is 20.8. The average Bonchev–Trinajstić information content (AvgIpc) is 3.04. The Labute approximate surface area is 123 Å². The second kappa shape index (κ2) is 5.95. The molecule has 6 nitrogen and oxygen atoms in total. The number of H-pyrrole nitrogens is 1. The van der Waals surface area contributed by atoms with E-state index >= 15 is 0 Å². The van der Waals surface area contributed by atoms with Crippen molar-refractivity contribution in [3.05, 3.63) is 41.9 Å². The molecule has 0 aliphatic carbocycles. The van der Waals surface area contributed by atoms with E-state index in [9.17, 15) is 4.79 Å². The van der Waals surface area contributed by atoms with Crippen LogP contribution in [0, 0.1) is 0 Å². The van der Waals surface area contributed by atoms with Gasteiger partial charge in [0.1, 0.15) is 11.5 Å². The number of hydrogen-bond acceptors (Lipinski definition) is 4. The highest BCUT2D eigenvalue weighted by Gasteiger charge is 2.24.